The van der Waals surface area contributed by atoms with Gasteiger partial charge in [0.1, 0.15) is 5.82 Å². The zero-order valence-electron chi connectivity index (χ0n) is 12.3. The Kier molecular flexibility index (Phi) is 5.68. The van der Waals surface area contributed by atoms with E-state index in [1.165, 1.54) is 4.90 Å². The topological polar surface area (TPSA) is 83.7 Å². The average Bonchev–Trinajstić information content (AvgIpc) is 2.40. The van der Waals surface area contributed by atoms with E-state index in [-0.39, 0.29) is 29.6 Å². The molecule has 0 bridgehead atoms. The largest absolute Gasteiger partial charge is 0.396 e. The summed E-state index contributed by atoms with van der Waals surface area (Å²) in [6.45, 7) is 1.74. The average molecular weight is 317 g/mol. The highest BCUT2D eigenvalue weighted by Crippen LogP contribution is 2.20. The first-order chi connectivity index (χ1) is 9.70. The third-order valence-electron chi connectivity index (χ3n) is 2.89. The van der Waals surface area contributed by atoms with Gasteiger partial charge in [-0.15, -0.1) is 0 Å². The minimum atomic E-state index is -3.89. The van der Waals surface area contributed by atoms with Crippen LogP contribution < -0.4 is 5.73 Å². The number of likely N-dealkylation sites (N-methyl/N-ethyl adjacent to an activating group) is 1. The maximum atomic E-state index is 13.2. The maximum Gasteiger partial charge on any atom is 0.243 e. The van der Waals surface area contributed by atoms with Gasteiger partial charge in [0.25, 0.3) is 0 Å². The van der Waals surface area contributed by atoms with Crippen LogP contribution in [0.1, 0.15) is 13.3 Å². The Labute approximate surface area is 124 Å². The molecule has 0 aliphatic heterocycles. The number of hydrogen-bond donors (Lipinski definition) is 1. The molecule has 0 radical (unpaired) electrons. The molecule has 0 aliphatic carbocycles. The van der Waals surface area contributed by atoms with E-state index >= 15 is 0 Å². The molecule has 1 aromatic carbocycles. The van der Waals surface area contributed by atoms with E-state index in [1.54, 1.807) is 14.1 Å². The van der Waals surface area contributed by atoms with E-state index in [0.717, 1.165) is 22.5 Å². The molecule has 21 heavy (non-hydrogen) atoms. The van der Waals surface area contributed by atoms with E-state index in [2.05, 4.69) is 0 Å². The molecule has 2 N–H and O–H groups in total. The number of nitrogens with two attached hydrogens (primary N) is 1. The second-order valence-electron chi connectivity index (χ2n) is 4.81. The molecule has 0 saturated heterocycles. The lowest BCUT2D eigenvalue weighted by Crippen LogP contribution is -2.40. The van der Waals surface area contributed by atoms with Gasteiger partial charge in [0.05, 0.1) is 17.1 Å². The number of carbonyl (C=O) groups is 1. The van der Waals surface area contributed by atoms with Crippen LogP contribution in [0.15, 0.2) is 23.1 Å². The zero-order chi connectivity index (χ0) is 16.2. The van der Waals surface area contributed by atoms with Gasteiger partial charge < -0.3 is 10.6 Å². The van der Waals surface area contributed by atoms with E-state index in [9.17, 15) is 17.6 Å². The lowest BCUT2D eigenvalue weighted by atomic mass is 10.3. The van der Waals surface area contributed by atoms with Gasteiger partial charge in [0, 0.05) is 20.6 Å². The van der Waals surface area contributed by atoms with Crippen molar-refractivity contribution in [2.24, 2.45) is 0 Å². The lowest BCUT2D eigenvalue weighted by molar-refractivity contribution is -0.128. The molecule has 0 fully saturated rings. The minimum absolute atomic E-state index is 0.124. The summed E-state index contributed by atoms with van der Waals surface area (Å²) < 4.78 is 39.3. The van der Waals surface area contributed by atoms with E-state index in [1.807, 2.05) is 6.92 Å². The van der Waals surface area contributed by atoms with Crippen molar-refractivity contribution in [2.45, 2.75) is 18.2 Å². The molecular weight excluding hydrogens is 297 g/mol. The van der Waals surface area contributed by atoms with E-state index in [4.69, 9.17) is 5.73 Å². The van der Waals surface area contributed by atoms with Gasteiger partial charge in [-0.25, -0.2) is 12.8 Å². The van der Waals surface area contributed by atoms with Crippen molar-refractivity contribution in [3.05, 3.63) is 24.0 Å². The van der Waals surface area contributed by atoms with Crippen LogP contribution in [-0.2, 0) is 14.8 Å². The van der Waals surface area contributed by atoms with Crippen molar-refractivity contribution in [2.75, 3.05) is 32.9 Å². The van der Waals surface area contributed by atoms with Gasteiger partial charge >= 0.3 is 0 Å². The fourth-order valence-electron chi connectivity index (χ4n) is 1.66. The summed E-state index contributed by atoms with van der Waals surface area (Å²) in [4.78, 5) is 13.0. The van der Waals surface area contributed by atoms with Crippen LogP contribution in [0.25, 0.3) is 0 Å². The quantitative estimate of drug-likeness (QED) is 0.790. The number of nitrogen functional groups attached to an aromatic ring is 1. The van der Waals surface area contributed by atoms with Gasteiger partial charge in [-0.1, -0.05) is 6.92 Å². The van der Waals surface area contributed by atoms with Crippen LogP contribution in [0, 0.1) is 5.82 Å². The molecular formula is C13H20FN3O3S. The van der Waals surface area contributed by atoms with Crippen LogP contribution in [0.2, 0.25) is 0 Å². The molecule has 1 rings (SSSR count). The zero-order valence-corrected chi connectivity index (χ0v) is 13.2. The first-order valence-corrected chi connectivity index (χ1v) is 7.89. The SMILES string of the molecule is CCCN(CC(=O)N(C)C)S(=O)(=O)c1ccc(F)c(N)c1. The van der Waals surface area contributed by atoms with Crippen molar-refractivity contribution in [1.82, 2.24) is 9.21 Å². The highest BCUT2D eigenvalue weighted by Gasteiger charge is 2.27. The molecule has 1 aromatic rings. The first-order valence-electron chi connectivity index (χ1n) is 6.45. The van der Waals surface area contributed by atoms with Crippen LogP contribution in [0.3, 0.4) is 0 Å². The van der Waals surface area contributed by atoms with Crippen molar-refractivity contribution >= 4 is 21.6 Å². The number of amides is 1. The lowest BCUT2D eigenvalue weighted by Gasteiger charge is -2.23. The minimum Gasteiger partial charge on any atom is -0.396 e. The van der Waals surface area contributed by atoms with E-state index < -0.39 is 15.8 Å². The number of halogens is 1. The number of anilines is 1. The molecule has 0 spiro atoms. The molecule has 1 amide bonds. The molecule has 0 aliphatic rings. The second-order valence-corrected chi connectivity index (χ2v) is 6.75. The third-order valence-corrected chi connectivity index (χ3v) is 4.73. The Morgan fingerprint density at radius 1 is 1.33 bits per heavy atom. The van der Waals surface area contributed by atoms with Crippen LogP contribution in [0.5, 0.6) is 0 Å². The Hall–Kier alpha value is -1.67. The smallest absolute Gasteiger partial charge is 0.243 e. The maximum absolute atomic E-state index is 13.2. The summed E-state index contributed by atoms with van der Waals surface area (Å²) in [5, 5.41) is 0. The Morgan fingerprint density at radius 3 is 2.43 bits per heavy atom. The molecule has 6 nitrogen and oxygen atoms in total. The highest BCUT2D eigenvalue weighted by atomic mass is 32.2. The van der Waals surface area contributed by atoms with Gasteiger partial charge in [-0.3, -0.25) is 4.79 Å². The molecule has 0 atom stereocenters. The molecule has 0 unspecified atom stereocenters. The number of sulfonamides is 1. The number of benzene rings is 1. The van der Waals surface area contributed by atoms with Crippen LogP contribution in [-0.4, -0.2) is 50.7 Å². The summed E-state index contributed by atoms with van der Waals surface area (Å²) in [7, 11) is -0.791. The Balaban J connectivity index is 3.15. The third kappa shape index (κ3) is 4.15. The number of nitrogens with zero attached hydrogens (tertiary/aromatic N) is 2. The fourth-order valence-corrected chi connectivity index (χ4v) is 3.17. The monoisotopic (exact) mass is 317 g/mol. The molecule has 118 valence electrons. The molecule has 0 aromatic heterocycles. The van der Waals surface area contributed by atoms with E-state index in [0.29, 0.717) is 6.42 Å². The molecule has 0 heterocycles. The second kappa shape index (κ2) is 6.86. The van der Waals surface area contributed by atoms with Gasteiger partial charge in [0.15, 0.2) is 0 Å². The normalized spacial score (nSPS) is 11.7. The van der Waals surface area contributed by atoms with Crippen LogP contribution >= 0.6 is 0 Å². The molecule has 0 saturated carbocycles. The Morgan fingerprint density at radius 2 is 1.95 bits per heavy atom. The summed E-state index contributed by atoms with van der Waals surface area (Å²) in [5.74, 6) is -1.01. The van der Waals surface area contributed by atoms with Crippen molar-refractivity contribution in [1.29, 1.82) is 0 Å². The van der Waals surface area contributed by atoms with Gasteiger partial charge in [-0.05, 0) is 24.6 Å². The highest BCUT2D eigenvalue weighted by molar-refractivity contribution is 7.89. The predicted octanol–water partition coefficient (Wildman–Crippen LogP) is 0.897. The summed E-state index contributed by atoms with van der Waals surface area (Å²) >= 11 is 0. The molecule has 8 heteroatoms. The summed E-state index contributed by atoms with van der Waals surface area (Å²) in [6, 6.07) is 3.21. The summed E-state index contributed by atoms with van der Waals surface area (Å²) in [6.07, 6.45) is 0.552. The van der Waals surface area contributed by atoms with Crippen molar-refractivity contribution in [3.63, 3.8) is 0 Å². The predicted molar refractivity (Wildman–Crippen MR) is 78.6 cm³/mol. The van der Waals surface area contributed by atoms with Crippen molar-refractivity contribution < 1.29 is 17.6 Å². The number of carbonyl (C=O) groups excluding carboxylic acids is 1. The number of rotatable bonds is 6. The standard InChI is InChI=1S/C13H20FN3O3S/c1-4-7-17(9-13(18)16(2)3)21(19,20)10-5-6-11(14)12(15)8-10/h5-6,8H,4,7,9,15H2,1-3H3. The van der Waals surface area contributed by atoms with Gasteiger partial charge in [0.2, 0.25) is 15.9 Å². The first kappa shape index (κ1) is 17.4. The fraction of sp³-hybridized carbons (Fsp3) is 0.462. The number of hydrogen-bond acceptors (Lipinski definition) is 4. The van der Waals surface area contributed by atoms with Crippen LogP contribution in [0.4, 0.5) is 10.1 Å². The van der Waals surface area contributed by atoms with Gasteiger partial charge in [-0.2, -0.15) is 4.31 Å². The van der Waals surface area contributed by atoms with Crippen molar-refractivity contribution in [3.8, 4) is 0 Å². The summed E-state index contributed by atoms with van der Waals surface area (Å²) in [5.41, 5.74) is 5.16. The Bertz CT molecular complexity index is 617.